The topological polar surface area (TPSA) is 84.7 Å². The molecule has 0 fully saturated rings. The fraction of sp³-hybridized carbons (Fsp3) is 0.190. The first-order valence-corrected chi connectivity index (χ1v) is 8.75. The zero-order valence-corrected chi connectivity index (χ0v) is 15.7. The Kier molecular flexibility index (Phi) is 5.86. The van der Waals surface area contributed by atoms with Crippen LogP contribution in [-0.2, 0) is 11.3 Å². The molecule has 0 heterocycles. The number of hydrogen-bond donors (Lipinski definition) is 1. The molecule has 0 bridgehead atoms. The lowest BCUT2D eigenvalue weighted by Crippen LogP contribution is -2.30. The minimum Gasteiger partial charge on any atom is -0.497 e. The number of nitrogens with zero attached hydrogens (tertiary/aromatic N) is 2. The number of carbonyl (C=O) groups is 1. The summed E-state index contributed by atoms with van der Waals surface area (Å²) >= 11 is 0. The monoisotopic (exact) mass is 379 g/mol. The smallest absolute Gasteiger partial charge is 0.292 e. The first kappa shape index (κ1) is 19.3. The molecule has 3 aromatic carbocycles. The third-order valence-electron chi connectivity index (χ3n) is 4.35. The van der Waals surface area contributed by atoms with Crippen LogP contribution in [0.25, 0.3) is 10.8 Å². The van der Waals surface area contributed by atoms with Crippen LogP contribution >= 0.6 is 0 Å². The van der Waals surface area contributed by atoms with Crippen molar-refractivity contribution in [3.05, 3.63) is 76.3 Å². The molecular weight excluding hydrogens is 358 g/mol. The molecule has 0 aliphatic rings. The predicted molar refractivity (Wildman–Crippen MR) is 109 cm³/mol. The van der Waals surface area contributed by atoms with E-state index in [0.717, 1.165) is 22.1 Å². The molecule has 3 rings (SSSR count). The number of ether oxygens (including phenoxy) is 1. The highest BCUT2D eigenvalue weighted by molar-refractivity contribution is 5.94. The first-order chi connectivity index (χ1) is 13.5. The third kappa shape index (κ3) is 4.63. The average molecular weight is 379 g/mol. The highest BCUT2D eigenvalue weighted by Gasteiger charge is 2.15. The van der Waals surface area contributed by atoms with E-state index in [1.54, 1.807) is 19.2 Å². The lowest BCUT2D eigenvalue weighted by atomic mass is 10.1. The molecule has 0 atom stereocenters. The summed E-state index contributed by atoms with van der Waals surface area (Å²) in [5.74, 6) is 0.506. The molecule has 28 heavy (non-hydrogen) atoms. The zero-order chi connectivity index (χ0) is 20.1. The van der Waals surface area contributed by atoms with Gasteiger partial charge in [0, 0.05) is 12.6 Å². The van der Waals surface area contributed by atoms with Crippen LogP contribution in [0.15, 0.2) is 60.7 Å². The maximum absolute atomic E-state index is 12.3. The van der Waals surface area contributed by atoms with Crippen molar-refractivity contribution in [2.45, 2.75) is 6.54 Å². The summed E-state index contributed by atoms with van der Waals surface area (Å²) < 4.78 is 5.24. The van der Waals surface area contributed by atoms with Crippen LogP contribution in [-0.4, -0.2) is 36.4 Å². The van der Waals surface area contributed by atoms with Gasteiger partial charge in [0.1, 0.15) is 11.4 Å². The SMILES string of the molecule is COc1ccc2cc(CN(C)CC(=O)Nc3ccccc3[N+](=O)[O-])ccc2c1. The second kappa shape index (κ2) is 8.49. The van der Waals surface area contributed by atoms with Crippen molar-refractivity contribution in [2.75, 3.05) is 26.0 Å². The first-order valence-electron chi connectivity index (χ1n) is 8.75. The zero-order valence-electron chi connectivity index (χ0n) is 15.7. The largest absolute Gasteiger partial charge is 0.497 e. The van der Waals surface area contributed by atoms with Gasteiger partial charge in [-0.2, -0.15) is 0 Å². The fourth-order valence-electron chi connectivity index (χ4n) is 3.04. The molecule has 7 heteroatoms. The number of nitro groups is 1. The quantitative estimate of drug-likeness (QED) is 0.498. The Balaban J connectivity index is 1.63. The fourth-order valence-corrected chi connectivity index (χ4v) is 3.04. The van der Waals surface area contributed by atoms with Crippen molar-refractivity contribution in [2.24, 2.45) is 0 Å². The highest BCUT2D eigenvalue weighted by atomic mass is 16.6. The number of nitrogens with one attached hydrogen (secondary N) is 1. The van der Waals surface area contributed by atoms with E-state index in [0.29, 0.717) is 6.54 Å². The van der Waals surface area contributed by atoms with Gasteiger partial charge in [0.2, 0.25) is 5.91 Å². The van der Waals surface area contributed by atoms with Crippen molar-refractivity contribution in [3.63, 3.8) is 0 Å². The Bertz CT molecular complexity index is 1020. The van der Waals surface area contributed by atoms with Gasteiger partial charge in [0.05, 0.1) is 18.6 Å². The molecule has 1 N–H and O–H groups in total. The molecule has 0 saturated carbocycles. The number of methoxy groups -OCH3 is 1. The number of likely N-dealkylation sites (N-methyl/N-ethyl adjacent to an activating group) is 1. The van der Waals surface area contributed by atoms with E-state index in [4.69, 9.17) is 4.74 Å². The number of amides is 1. The van der Waals surface area contributed by atoms with Crippen LogP contribution < -0.4 is 10.1 Å². The van der Waals surface area contributed by atoms with Gasteiger partial charge in [0.15, 0.2) is 0 Å². The van der Waals surface area contributed by atoms with Gasteiger partial charge in [-0.25, -0.2) is 0 Å². The molecule has 0 radical (unpaired) electrons. The van der Waals surface area contributed by atoms with E-state index in [2.05, 4.69) is 11.4 Å². The maximum atomic E-state index is 12.3. The number of para-hydroxylation sites is 2. The van der Waals surface area contributed by atoms with Gasteiger partial charge in [-0.1, -0.05) is 30.3 Å². The number of nitro benzene ring substituents is 1. The van der Waals surface area contributed by atoms with Crippen molar-refractivity contribution in [1.82, 2.24) is 4.90 Å². The van der Waals surface area contributed by atoms with Gasteiger partial charge in [0.25, 0.3) is 5.69 Å². The summed E-state index contributed by atoms with van der Waals surface area (Å²) in [6.45, 7) is 0.693. The number of rotatable bonds is 7. The van der Waals surface area contributed by atoms with Gasteiger partial charge in [-0.3, -0.25) is 19.8 Å². The van der Waals surface area contributed by atoms with Crippen LogP contribution in [0.3, 0.4) is 0 Å². The summed E-state index contributed by atoms with van der Waals surface area (Å²) in [5.41, 5.74) is 1.15. The van der Waals surface area contributed by atoms with Gasteiger partial charge < -0.3 is 10.1 Å². The number of carbonyl (C=O) groups excluding carboxylic acids is 1. The summed E-state index contributed by atoms with van der Waals surface area (Å²) in [6.07, 6.45) is 0. The van der Waals surface area contributed by atoms with Crippen molar-refractivity contribution >= 4 is 28.1 Å². The van der Waals surface area contributed by atoms with E-state index in [1.165, 1.54) is 12.1 Å². The number of fused-ring (bicyclic) bond motifs is 1. The third-order valence-corrected chi connectivity index (χ3v) is 4.35. The van der Waals surface area contributed by atoms with E-state index >= 15 is 0 Å². The van der Waals surface area contributed by atoms with Crippen LogP contribution in [0.2, 0.25) is 0 Å². The van der Waals surface area contributed by atoms with Crippen LogP contribution in [0.1, 0.15) is 5.56 Å². The second-order valence-electron chi connectivity index (χ2n) is 6.54. The van der Waals surface area contributed by atoms with Crippen molar-refractivity contribution in [3.8, 4) is 5.75 Å². The minimum absolute atomic E-state index is 0.118. The van der Waals surface area contributed by atoms with Crippen molar-refractivity contribution in [1.29, 1.82) is 0 Å². The Labute approximate surface area is 162 Å². The molecular formula is C21H21N3O4. The van der Waals surface area contributed by atoms with Crippen molar-refractivity contribution < 1.29 is 14.5 Å². The van der Waals surface area contributed by atoms with Crippen LogP contribution in [0, 0.1) is 10.1 Å². The Morgan fingerprint density at radius 2 is 1.82 bits per heavy atom. The van der Waals surface area contributed by atoms with E-state index in [-0.39, 0.29) is 23.8 Å². The lowest BCUT2D eigenvalue weighted by Gasteiger charge is -2.17. The summed E-state index contributed by atoms with van der Waals surface area (Å²) in [7, 11) is 3.47. The highest BCUT2D eigenvalue weighted by Crippen LogP contribution is 2.24. The molecule has 0 unspecified atom stereocenters. The molecule has 0 saturated heterocycles. The van der Waals surface area contributed by atoms with Crippen LogP contribution in [0.5, 0.6) is 5.75 Å². The molecule has 0 aliphatic carbocycles. The molecule has 3 aromatic rings. The Morgan fingerprint density at radius 1 is 1.11 bits per heavy atom. The standard InChI is InChI=1S/C21H21N3O4/c1-23(14-21(25)22-19-5-3-4-6-20(19)24(26)27)13-15-7-8-17-12-18(28-2)10-9-16(17)11-15/h3-12H,13-14H2,1-2H3,(H,22,25). The predicted octanol–water partition coefficient (Wildman–Crippen LogP) is 3.83. The van der Waals surface area contributed by atoms with Gasteiger partial charge in [-0.05, 0) is 47.6 Å². The summed E-state index contributed by atoms with van der Waals surface area (Å²) in [4.78, 5) is 24.7. The molecule has 0 spiro atoms. The van der Waals surface area contributed by atoms with E-state index in [9.17, 15) is 14.9 Å². The van der Waals surface area contributed by atoms with E-state index in [1.807, 2.05) is 42.3 Å². The lowest BCUT2D eigenvalue weighted by molar-refractivity contribution is -0.383. The number of anilines is 1. The molecule has 7 nitrogen and oxygen atoms in total. The maximum Gasteiger partial charge on any atom is 0.292 e. The number of hydrogen-bond acceptors (Lipinski definition) is 5. The Hall–Kier alpha value is -3.45. The van der Waals surface area contributed by atoms with Gasteiger partial charge in [-0.15, -0.1) is 0 Å². The van der Waals surface area contributed by atoms with Gasteiger partial charge >= 0.3 is 0 Å². The molecule has 0 aromatic heterocycles. The Morgan fingerprint density at radius 3 is 2.57 bits per heavy atom. The summed E-state index contributed by atoms with van der Waals surface area (Å²) in [6, 6.07) is 18.1. The normalized spacial score (nSPS) is 10.8. The second-order valence-corrected chi connectivity index (χ2v) is 6.54. The number of benzene rings is 3. The summed E-state index contributed by atoms with van der Waals surface area (Å²) in [5, 5.41) is 15.8. The minimum atomic E-state index is -0.511. The molecule has 144 valence electrons. The average Bonchev–Trinajstić information content (AvgIpc) is 2.67. The molecule has 0 aliphatic heterocycles. The van der Waals surface area contributed by atoms with E-state index < -0.39 is 4.92 Å². The van der Waals surface area contributed by atoms with Crippen LogP contribution in [0.4, 0.5) is 11.4 Å². The molecule has 1 amide bonds.